The van der Waals surface area contributed by atoms with Gasteiger partial charge < -0.3 is 30.2 Å². The van der Waals surface area contributed by atoms with E-state index in [9.17, 15) is 24.6 Å². The Kier molecular flexibility index (Phi) is 12.1. The van der Waals surface area contributed by atoms with Gasteiger partial charge >= 0.3 is 65.1 Å². The van der Waals surface area contributed by atoms with Gasteiger partial charge in [0.2, 0.25) is 0 Å². The fourth-order valence-electron chi connectivity index (χ4n) is 3.40. The van der Waals surface area contributed by atoms with E-state index >= 15 is 0 Å². The van der Waals surface area contributed by atoms with E-state index in [1.807, 2.05) is 43.3 Å². The van der Waals surface area contributed by atoms with Gasteiger partial charge in [-0.25, -0.2) is 4.79 Å². The number of carbonyl (C=O) groups is 2. The summed E-state index contributed by atoms with van der Waals surface area (Å²) in [6, 6.07) is 14.6. The molecule has 1 aromatic heterocycles. The van der Waals surface area contributed by atoms with Gasteiger partial charge in [0.15, 0.2) is 0 Å². The summed E-state index contributed by atoms with van der Waals surface area (Å²) in [5, 5.41) is 28.0. The SMILES string of the molecule is Cc1ccccc1Cc1cccc([C@H](CC(=O)[O-])NC(=O)Nc2c([O-])ccn(C)c2=O)c1.[Na+].[Na+]. The second-order valence-electron chi connectivity index (χ2n) is 7.55. The molecule has 1 heterocycles. The molecule has 8 nitrogen and oxygen atoms in total. The fourth-order valence-corrected chi connectivity index (χ4v) is 3.40. The molecule has 2 aromatic carbocycles. The van der Waals surface area contributed by atoms with Crippen LogP contribution in [0.3, 0.4) is 0 Å². The van der Waals surface area contributed by atoms with Crippen molar-refractivity contribution in [2.24, 2.45) is 7.05 Å². The Bertz CT molecular complexity index is 1210. The summed E-state index contributed by atoms with van der Waals surface area (Å²) in [5.74, 6) is -1.99. The first-order valence-corrected chi connectivity index (χ1v) is 10.0. The van der Waals surface area contributed by atoms with Crippen molar-refractivity contribution in [2.75, 3.05) is 5.32 Å². The molecule has 166 valence electrons. The monoisotopic (exact) mass is 479 g/mol. The molecule has 2 N–H and O–H groups in total. The number of hydrogen-bond acceptors (Lipinski definition) is 5. The first-order valence-electron chi connectivity index (χ1n) is 10.0. The second-order valence-corrected chi connectivity index (χ2v) is 7.55. The summed E-state index contributed by atoms with van der Waals surface area (Å²) in [4.78, 5) is 35.9. The normalized spacial score (nSPS) is 10.9. The second kappa shape index (κ2) is 13.7. The quantitative estimate of drug-likeness (QED) is 0.330. The van der Waals surface area contributed by atoms with Crippen molar-refractivity contribution in [1.29, 1.82) is 0 Å². The van der Waals surface area contributed by atoms with Crippen molar-refractivity contribution in [3.8, 4) is 5.75 Å². The number of aryl methyl sites for hydroxylation is 2. The van der Waals surface area contributed by atoms with Crippen molar-refractivity contribution in [1.82, 2.24) is 9.88 Å². The van der Waals surface area contributed by atoms with Crippen LogP contribution in [0.1, 0.15) is 34.7 Å². The number of pyridine rings is 1. The third-order valence-corrected chi connectivity index (χ3v) is 5.15. The van der Waals surface area contributed by atoms with Crippen molar-refractivity contribution < 1.29 is 78.9 Å². The Morgan fingerprint density at radius 1 is 1.06 bits per heavy atom. The molecule has 0 spiro atoms. The zero-order valence-corrected chi connectivity index (χ0v) is 23.8. The first kappa shape index (κ1) is 30.0. The third kappa shape index (κ3) is 8.01. The molecule has 1 atom stereocenters. The van der Waals surface area contributed by atoms with Gasteiger partial charge in [0.05, 0.1) is 6.04 Å². The number of nitrogens with zero attached hydrogens (tertiary/aromatic N) is 1. The molecule has 0 saturated carbocycles. The van der Waals surface area contributed by atoms with Crippen molar-refractivity contribution in [3.05, 3.63) is 93.4 Å². The Morgan fingerprint density at radius 3 is 2.44 bits per heavy atom. The van der Waals surface area contributed by atoms with Crippen LogP contribution in [0.4, 0.5) is 10.5 Å². The molecule has 0 radical (unpaired) electrons. The zero-order valence-electron chi connectivity index (χ0n) is 19.8. The maximum absolute atomic E-state index is 12.5. The number of carbonyl (C=O) groups excluding carboxylic acids is 2. The summed E-state index contributed by atoms with van der Waals surface area (Å²) in [6.45, 7) is 2.02. The molecule has 34 heavy (non-hydrogen) atoms. The average molecular weight is 479 g/mol. The van der Waals surface area contributed by atoms with Crippen LogP contribution in [0.25, 0.3) is 0 Å². The van der Waals surface area contributed by atoms with E-state index in [0.717, 1.165) is 27.3 Å². The van der Waals surface area contributed by atoms with Crippen LogP contribution in [-0.2, 0) is 18.3 Å². The van der Waals surface area contributed by atoms with Gasteiger partial charge in [-0.3, -0.25) is 4.79 Å². The van der Waals surface area contributed by atoms with Crippen molar-refractivity contribution in [3.63, 3.8) is 0 Å². The van der Waals surface area contributed by atoms with E-state index < -0.39 is 41.5 Å². The van der Waals surface area contributed by atoms with Gasteiger partial charge in [-0.1, -0.05) is 60.3 Å². The summed E-state index contributed by atoms with van der Waals surface area (Å²) in [5.41, 5.74) is 2.71. The molecule has 3 aromatic rings. The van der Waals surface area contributed by atoms with Crippen LogP contribution in [0.15, 0.2) is 65.6 Å². The number of aliphatic carboxylic acids is 1. The fraction of sp³-hybridized carbons (Fsp3) is 0.208. The number of urea groups is 1. The predicted molar refractivity (Wildman–Crippen MR) is 116 cm³/mol. The molecule has 0 aliphatic heterocycles. The molecule has 0 fully saturated rings. The van der Waals surface area contributed by atoms with Crippen LogP contribution in [0, 0.1) is 6.92 Å². The Morgan fingerprint density at radius 2 is 1.76 bits per heavy atom. The van der Waals surface area contributed by atoms with Crippen LogP contribution < -0.4 is 85.5 Å². The molecule has 0 aliphatic carbocycles. The van der Waals surface area contributed by atoms with E-state index in [0.29, 0.717) is 12.0 Å². The van der Waals surface area contributed by atoms with E-state index in [1.54, 1.807) is 12.1 Å². The summed E-state index contributed by atoms with van der Waals surface area (Å²) in [6.07, 6.45) is 1.47. The zero-order chi connectivity index (χ0) is 23.3. The van der Waals surface area contributed by atoms with Crippen LogP contribution in [-0.4, -0.2) is 16.6 Å². The Balaban J connectivity index is 0.00000289. The number of aromatic nitrogens is 1. The minimum absolute atomic E-state index is 0. The molecule has 0 bridgehead atoms. The largest absolute Gasteiger partial charge is 1.00 e. The smallest absolute Gasteiger partial charge is 0.871 e. The number of nitrogens with one attached hydrogen (secondary N) is 2. The summed E-state index contributed by atoms with van der Waals surface area (Å²) < 4.78 is 1.16. The van der Waals surface area contributed by atoms with Gasteiger partial charge in [-0.15, -0.1) is 0 Å². The standard InChI is InChI=1S/C24H25N3O5.2Na/c1-15-6-3-4-8-17(15)12-16-7-5-9-18(13-16)19(14-21(29)30)25-24(32)26-22-20(28)10-11-27(2)23(22)31;;/h3-11,13,19,28H,12,14H2,1-2H3,(H,29,30)(H2,25,26,32);;/q;2*+1/p-2/t19-;;/m0../s1. The first-order chi connectivity index (χ1) is 15.2. The number of carboxylic acids is 1. The topological polar surface area (TPSA) is 126 Å². The number of benzene rings is 2. The minimum atomic E-state index is -1.35. The van der Waals surface area contributed by atoms with Crippen LogP contribution in [0.2, 0.25) is 0 Å². The average Bonchev–Trinajstić information content (AvgIpc) is 2.75. The van der Waals surface area contributed by atoms with Crippen LogP contribution >= 0.6 is 0 Å². The molecule has 2 amide bonds. The molecule has 10 heteroatoms. The molecule has 0 unspecified atom stereocenters. The number of amides is 2. The van der Waals surface area contributed by atoms with Crippen molar-refractivity contribution in [2.45, 2.75) is 25.8 Å². The number of carboxylic acid groups (broad SMARTS) is 1. The number of hydrogen-bond donors (Lipinski definition) is 2. The minimum Gasteiger partial charge on any atom is -0.871 e. The molecular weight excluding hydrogens is 456 g/mol. The Hall–Kier alpha value is -2.07. The van der Waals surface area contributed by atoms with E-state index in [-0.39, 0.29) is 59.1 Å². The van der Waals surface area contributed by atoms with Crippen LogP contribution in [0.5, 0.6) is 5.75 Å². The number of anilines is 1. The maximum atomic E-state index is 12.5. The van der Waals surface area contributed by atoms with Crippen molar-refractivity contribution >= 4 is 17.7 Å². The maximum Gasteiger partial charge on any atom is 1.00 e. The van der Waals surface area contributed by atoms with Gasteiger partial charge in [0, 0.05) is 25.6 Å². The summed E-state index contributed by atoms with van der Waals surface area (Å²) in [7, 11) is 1.45. The van der Waals surface area contributed by atoms with Gasteiger partial charge in [-0.05, 0) is 35.6 Å². The molecule has 0 saturated heterocycles. The summed E-state index contributed by atoms with van der Waals surface area (Å²) >= 11 is 0. The van der Waals surface area contributed by atoms with E-state index in [2.05, 4.69) is 10.6 Å². The molecule has 0 aliphatic rings. The Labute approximate surface area is 242 Å². The van der Waals surface area contributed by atoms with Gasteiger partial charge in [0.25, 0.3) is 5.56 Å². The van der Waals surface area contributed by atoms with Gasteiger partial charge in [0.1, 0.15) is 5.69 Å². The molecule has 3 rings (SSSR count). The predicted octanol–water partition coefficient (Wildman–Crippen LogP) is -4.63. The van der Waals surface area contributed by atoms with E-state index in [4.69, 9.17) is 0 Å². The van der Waals surface area contributed by atoms with Gasteiger partial charge in [-0.2, -0.15) is 0 Å². The third-order valence-electron chi connectivity index (χ3n) is 5.15. The van der Waals surface area contributed by atoms with E-state index in [1.165, 1.54) is 13.2 Å². The number of rotatable bonds is 7. The molecular formula is C24H23N3Na2O5.